The van der Waals surface area contributed by atoms with Crippen LogP contribution in [0.25, 0.3) is 0 Å². The molecule has 0 spiro atoms. The van der Waals surface area contributed by atoms with Crippen LogP contribution < -0.4 is 5.43 Å². The van der Waals surface area contributed by atoms with Crippen LogP contribution in [-0.2, 0) is 12.8 Å². The van der Waals surface area contributed by atoms with Gasteiger partial charge in [0.15, 0.2) is 0 Å². The van der Waals surface area contributed by atoms with Gasteiger partial charge in [0.25, 0.3) is 5.91 Å². The number of carbonyl (C=O) groups excluding carboxylic acids is 1. The van der Waals surface area contributed by atoms with Gasteiger partial charge in [-0.25, -0.2) is 5.43 Å². The minimum absolute atomic E-state index is 0.0589. The topological polar surface area (TPSA) is 41.5 Å². The third-order valence-corrected chi connectivity index (χ3v) is 5.65. The molecule has 0 bridgehead atoms. The van der Waals surface area contributed by atoms with Crippen LogP contribution in [0.1, 0.15) is 73.5 Å². The van der Waals surface area contributed by atoms with Gasteiger partial charge < -0.3 is 0 Å². The molecule has 122 valence electrons. The summed E-state index contributed by atoms with van der Waals surface area (Å²) in [6.45, 7) is 8.63. The number of thiophene rings is 1. The first-order valence-electron chi connectivity index (χ1n) is 8.44. The maximum Gasteiger partial charge on any atom is 0.281 e. The van der Waals surface area contributed by atoms with E-state index in [2.05, 4.69) is 37.4 Å². The predicted molar refractivity (Wildman–Crippen MR) is 94.8 cm³/mol. The Hall–Kier alpha value is -1.16. The zero-order chi connectivity index (χ0) is 16.1. The molecule has 3 nitrogen and oxygen atoms in total. The molecule has 1 amide bonds. The Morgan fingerprint density at radius 1 is 1.50 bits per heavy atom. The first kappa shape index (κ1) is 17.2. The third kappa shape index (κ3) is 4.67. The van der Waals surface area contributed by atoms with E-state index in [0.29, 0.717) is 5.92 Å². The van der Waals surface area contributed by atoms with E-state index in [1.54, 1.807) is 11.3 Å². The zero-order valence-corrected chi connectivity index (χ0v) is 15.1. The van der Waals surface area contributed by atoms with Crippen molar-refractivity contribution in [2.75, 3.05) is 0 Å². The fourth-order valence-corrected chi connectivity index (χ4v) is 3.91. The average Bonchev–Trinajstić information content (AvgIpc) is 2.93. The van der Waals surface area contributed by atoms with E-state index in [-0.39, 0.29) is 5.91 Å². The Morgan fingerprint density at radius 2 is 2.27 bits per heavy atom. The van der Waals surface area contributed by atoms with Gasteiger partial charge in [-0.3, -0.25) is 4.79 Å². The maximum atomic E-state index is 12.2. The van der Waals surface area contributed by atoms with Crippen molar-refractivity contribution in [1.29, 1.82) is 0 Å². The summed E-state index contributed by atoms with van der Waals surface area (Å²) in [5, 5.41) is 4.23. The molecule has 0 aromatic carbocycles. The number of hydrazone groups is 1. The Bertz CT molecular complexity index is 545. The molecule has 1 aliphatic carbocycles. The fourth-order valence-electron chi connectivity index (χ4n) is 2.81. The summed E-state index contributed by atoms with van der Waals surface area (Å²) in [5.41, 5.74) is 5.09. The van der Waals surface area contributed by atoms with Crippen molar-refractivity contribution in [1.82, 2.24) is 5.43 Å². The Morgan fingerprint density at radius 3 is 2.95 bits per heavy atom. The Balaban J connectivity index is 1.93. The highest BCUT2D eigenvalue weighted by atomic mass is 32.1. The van der Waals surface area contributed by atoms with Crippen LogP contribution in [0.3, 0.4) is 0 Å². The second-order valence-corrected chi connectivity index (χ2v) is 7.93. The van der Waals surface area contributed by atoms with E-state index in [1.165, 1.54) is 23.3 Å². The van der Waals surface area contributed by atoms with E-state index < -0.39 is 0 Å². The molecule has 0 aliphatic heterocycles. The van der Waals surface area contributed by atoms with Crippen molar-refractivity contribution in [3.63, 3.8) is 0 Å². The van der Waals surface area contributed by atoms with Crippen LogP contribution in [0, 0.1) is 11.8 Å². The molecule has 1 N–H and O–H groups in total. The highest BCUT2D eigenvalue weighted by Gasteiger charge is 2.21. The van der Waals surface area contributed by atoms with Crippen molar-refractivity contribution in [3.8, 4) is 0 Å². The lowest BCUT2D eigenvalue weighted by Crippen LogP contribution is -2.18. The van der Waals surface area contributed by atoms with E-state index in [1.807, 2.05) is 6.92 Å². The number of rotatable bonds is 6. The number of carbonyl (C=O) groups is 1. The van der Waals surface area contributed by atoms with Gasteiger partial charge in [0, 0.05) is 10.6 Å². The number of nitrogens with zero attached hydrogens (tertiary/aromatic N) is 1. The minimum Gasteiger partial charge on any atom is -0.266 e. The molecular weight excluding hydrogens is 292 g/mol. The maximum absolute atomic E-state index is 12.2. The summed E-state index contributed by atoms with van der Waals surface area (Å²) in [6, 6.07) is 2.08. The quantitative estimate of drug-likeness (QED) is 0.593. The standard InChI is InChI=1S/C18H28N2OS/c1-5-14-8-9-16-15(10-14)11-17(22-16)18(21)20-19-13(4)7-6-12(2)3/h11-12,14H,5-10H2,1-4H3,(H,20,21)/b19-13-/t14-/m1/s1. The van der Waals surface area contributed by atoms with Crippen LogP contribution in [0.2, 0.25) is 0 Å². The average molecular weight is 321 g/mol. The van der Waals surface area contributed by atoms with Gasteiger partial charge >= 0.3 is 0 Å². The summed E-state index contributed by atoms with van der Waals surface area (Å²) < 4.78 is 0. The van der Waals surface area contributed by atoms with E-state index in [0.717, 1.165) is 42.2 Å². The Kier molecular flexibility index (Phi) is 6.18. The largest absolute Gasteiger partial charge is 0.281 e. The lowest BCUT2D eigenvalue weighted by atomic mass is 9.87. The number of amides is 1. The lowest BCUT2D eigenvalue weighted by molar-refractivity contribution is 0.0958. The molecule has 0 radical (unpaired) electrons. The van der Waals surface area contributed by atoms with Gasteiger partial charge in [-0.05, 0) is 62.5 Å². The minimum atomic E-state index is -0.0589. The van der Waals surface area contributed by atoms with Crippen LogP contribution in [0.15, 0.2) is 11.2 Å². The van der Waals surface area contributed by atoms with Crippen LogP contribution in [-0.4, -0.2) is 11.6 Å². The fraction of sp³-hybridized carbons (Fsp3) is 0.667. The molecular formula is C18H28N2OS. The highest BCUT2D eigenvalue weighted by molar-refractivity contribution is 7.14. The molecule has 1 aliphatic rings. The normalized spacial score (nSPS) is 18.4. The molecule has 22 heavy (non-hydrogen) atoms. The molecule has 0 saturated carbocycles. The van der Waals surface area contributed by atoms with Crippen molar-refractivity contribution in [2.24, 2.45) is 16.9 Å². The van der Waals surface area contributed by atoms with Crippen molar-refractivity contribution >= 4 is 23.0 Å². The molecule has 0 fully saturated rings. The summed E-state index contributed by atoms with van der Waals surface area (Å²) in [4.78, 5) is 14.5. The third-order valence-electron chi connectivity index (χ3n) is 4.42. The molecule has 4 heteroatoms. The van der Waals surface area contributed by atoms with Gasteiger partial charge in [-0.2, -0.15) is 5.10 Å². The van der Waals surface area contributed by atoms with Gasteiger partial charge in [0.1, 0.15) is 0 Å². The lowest BCUT2D eigenvalue weighted by Gasteiger charge is -2.19. The zero-order valence-electron chi connectivity index (χ0n) is 14.2. The van der Waals surface area contributed by atoms with Crippen LogP contribution >= 0.6 is 11.3 Å². The second-order valence-electron chi connectivity index (χ2n) is 6.80. The van der Waals surface area contributed by atoms with E-state index in [4.69, 9.17) is 0 Å². The summed E-state index contributed by atoms with van der Waals surface area (Å²) in [7, 11) is 0. The highest BCUT2D eigenvalue weighted by Crippen LogP contribution is 2.33. The number of hydrogen-bond donors (Lipinski definition) is 1. The molecule has 0 unspecified atom stereocenters. The molecule has 2 rings (SSSR count). The molecule has 0 saturated heterocycles. The predicted octanol–water partition coefficient (Wildman–Crippen LogP) is 4.80. The summed E-state index contributed by atoms with van der Waals surface area (Å²) in [6.07, 6.45) is 6.80. The van der Waals surface area contributed by atoms with E-state index >= 15 is 0 Å². The monoisotopic (exact) mass is 320 g/mol. The number of hydrogen-bond acceptors (Lipinski definition) is 3. The summed E-state index contributed by atoms with van der Waals surface area (Å²) >= 11 is 1.64. The van der Waals surface area contributed by atoms with Crippen molar-refractivity contribution < 1.29 is 4.79 Å². The molecule has 1 aromatic rings. The van der Waals surface area contributed by atoms with Crippen molar-refractivity contribution in [2.45, 2.75) is 66.2 Å². The van der Waals surface area contributed by atoms with E-state index in [9.17, 15) is 4.79 Å². The second kappa shape index (κ2) is 7.91. The van der Waals surface area contributed by atoms with Gasteiger partial charge in [0.05, 0.1) is 4.88 Å². The van der Waals surface area contributed by atoms with Crippen LogP contribution in [0.5, 0.6) is 0 Å². The number of nitrogens with one attached hydrogen (secondary N) is 1. The molecule has 1 heterocycles. The SMILES string of the molecule is CC[C@@H]1CCc2sc(C(=O)N/N=C(/C)CCC(C)C)cc2C1. The number of aryl methyl sites for hydroxylation is 1. The first-order valence-corrected chi connectivity index (χ1v) is 9.26. The first-order chi connectivity index (χ1) is 10.5. The molecule has 1 aromatic heterocycles. The number of fused-ring (bicyclic) bond motifs is 1. The molecule has 1 atom stereocenters. The smallest absolute Gasteiger partial charge is 0.266 e. The Labute approximate surface area is 138 Å². The van der Waals surface area contributed by atoms with Crippen molar-refractivity contribution in [3.05, 3.63) is 21.4 Å². The summed E-state index contributed by atoms with van der Waals surface area (Å²) in [5.74, 6) is 1.39. The van der Waals surface area contributed by atoms with Crippen LogP contribution in [0.4, 0.5) is 0 Å². The van der Waals surface area contributed by atoms with Gasteiger partial charge in [-0.15, -0.1) is 11.3 Å². The van der Waals surface area contributed by atoms with Gasteiger partial charge in [0.2, 0.25) is 0 Å². The van der Waals surface area contributed by atoms with Gasteiger partial charge in [-0.1, -0.05) is 27.2 Å².